The van der Waals surface area contributed by atoms with Crippen molar-refractivity contribution in [1.29, 1.82) is 0 Å². The minimum Gasteiger partial charge on any atom is -0.478 e. The summed E-state index contributed by atoms with van der Waals surface area (Å²) in [5, 5.41) is 15.6. The molecule has 0 aliphatic heterocycles. The molecule has 0 aliphatic carbocycles. The number of hydrogen-bond donors (Lipinski definition) is 2. The fourth-order valence-corrected chi connectivity index (χ4v) is 4.64. The van der Waals surface area contributed by atoms with E-state index in [1.807, 2.05) is 0 Å². The predicted molar refractivity (Wildman–Crippen MR) is 74.9 cm³/mol. The van der Waals surface area contributed by atoms with Gasteiger partial charge in [0.15, 0.2) is 0 Å². The van der Waals surface area contributed by atoms with Crippen LogP contribution in [0.25, 0.3) is 0 Å². The number of aliphatic carboxylic acids is 2. The van der Waals surface area contributed by atoms with Crippen LogP contribution in [0.2, 0.25) is 0 Å². The molecule has 102 valence electrons. The van der Waals surface area contributed by atoms with Crippen LogP contribution < -0.4 is 0 Å². The van der Waals surface area contributed by atoms with Crippen LogP contribution in [0.1, 0.15) is 27.7 Å². The molecule has 0 amide bonds. The molecule has 0 saturated carbocycles. The molecule has 0 aromatic heterocycles. The molecule has 0 aromatic carbocycles. The summed E-state index contributed by atoms with van der Waals surface area (Å²) in [6.45, 7) is 9.46. The average molecular weight is 264 g/mol. The van der Waals surface area contributed by atoms with Crippen LogP contribution in [0.3, 0.4) is 0 Å². The second-order valence-corrected chi connectivity index (χ2v) is 9.75. The van der Waals surface area contributed by atoms with Crippen LogP contribution in [0, 0.1) is 0 Å². The Labute approximate surface area is 104 Å². The smallest absolute Gasteiger partial charge is 0.328 e. The van der Waals surface area contributed by atoms with E-state index in [9.17, 15) is 9.59 Å². The zero-order valence-electron chi connectivity index (χ0n) is 11.2. The van der Waals surface area contributed by atoms with Gasteiger partial charge >= 0.3 is 71.5 Å². The van der Waals surface area contributed by atoms with Crippen molar-refractivity contribution < 1.29 is 19.8 Å². The molecule has 2 N–H and O–H groups in total. The summed E-state index contributed by atoms with van der Waals surface area (Å²) < 4.78 is 0. The van der Waals surface area contributed by atoms with Crippen molar-refractivity contribution >= 4 is 19.2 Å². The number of carboxylic acid groups (broad SMARTS) is 2. The van der Waals surface area contributed by atoms with E-state index in [0.29, 0.717) is 12.2 Å². The van der Waals surface area contributed by atoms with Crippen molar-refractivity contribution in [3.63, 3.8) is 0 Å². The van der Waals surface area contributed by atoms with Gasteiger partial charge in [0, 0.05) is 12.2 Å². The maximum Gasteiger partial charge on any atom is 0.328 e. The molecule has 0 heterocycles. The minimum atomic E-state index is -1.26. The summed E-state index contributed by atoms with van der Waals surface area (Å²) in [6.07, 6.45) is 7.05. The van der Waals surface area contributed by atoms with Crippen LogP contribution in [0.5, 0.6) is 0 Å². The van der Waals surface area contributed by atoms with Gasteiger partial charge in [0.2, 0.25) is 0 Å². The summed E-state index contributed by atoms with van der Waals surface area (Å²) in [6, 6.07) is 0. The average Bonchev–Trinajstić information content (AvgIpc) is 2.31. The van der Waals surface area contributed by atoms with E-state index < -0.39 is 19.2 Å². The number of carboxylic acids is 2. The van der Waals surface area contributed by atoms with Crippen LogP contribution in [0.15, 0.2) is 12.2 Å². The van der Waals surface area contributed by atoms with Crippen molar-refractivity contribution in [3.8, 4) is 0 Å². The van der Waals surface area contributed by atoms with Gasteiger partial charge in [0.1, 0.15) is 0 Å². The van der Waals surface area contributed by atoms with E-state index in [4.69, 9.17) is 10.2 Å². The normalized spacial score (nSPS) is 11.8. The standard InChI is InChI=1S/C8H21P.C4H4O4/c1-5-9(6-2,7-3)8-4;5-3(6)1-2-4(7)8/h9H,5-8H2,1-4H3;1-2H,(H,5,6)(H,7,8)/b;2-1+. The first kappa shape index (κ1) is 18.5. The van der Waals surface area contributed by atoms with Crippen molar-refractivity contribution in [2.45, 2.75) is 27.7 Å². The van der Waals surface area contributed by atoms with Gasteiger partial charge in [-0.3, -0.25) is 0 Å². The van der Waals surface area contributed by atoms with E-state index in [2.05, 4.69) is 27.7 Å². The molecule has 0 spiro atoms. The zero-order valence-corrected chi connectivity index (χ0v) is 12.2. The third-order valence-corrected chi connectivity index (χ3v) is 9.37. The van der Waals surface area contributed by atoms with Gasteiger partial charge in [0.05, 0.1) is 0 Å². The van der Waals surface area contributed by atoms with E-state index in [1.165, 1.54) is 24.6 Å². The van der Waals surface area contributed by atoms with Crippen molar-refractivity contribution in [2.24, 2.45) is 0 Å². The Morgan fingerprint density at radius 2 is 1.06 bits per heavy atom. The van der Waals surface area contributed by atoms with E-state index >= 15 is 0 Å². The quantitative estimate of drug-likeness (QED) is 0.571. The molecule has 0 rings (SSSR count). The number of hydrogen-bond acceptors (Lipinski definition) is 2. The summed E-state index contributed by atoms with van der Waals surface area (Å²) in [5.74, 6) is -2.51. The van der Waals surface area contributed by atoms with E-state index in [-0.39, 0.29) is 0 Å². The molecule has 0 aliphatic rings. The molecule has 0 fully saturated rings. The SMILES string of the molecule is CC[PH](CC)(CC)CC.O=C(O)/C=C/C(=O)O. The molecule has 17 heavy (non-hydrogen) atoms. The van der Waals surface area contributed by atoms with E-state index in [1.54, 1.807) is 0 Å². The van der Waals surface area contributed by atoms with Crippen molar-refractivity contribution in [3.05, 3.63) is 12.2 Å². The Balaban J connectivity index is 0. The molecule has 0 bridgehead atoms. The summed E-state index contributed by atoms with van der Waals surface area (Å²) in [4.78, 5) is 19.1. The van der Waals surface area contributed by atoms with Crippen LogP contribution in [0.4, 0.5) is 0 Å². The van der Waals surface area contributed by atoms with Crippen molar-refractivity contribution in [1.82, 2.24) is 0 Å². The van der Waals surface area contributed by atoms with E-state index in [0.717, 1.165) is 0 Å². The van der Waals surface area contributed by atoms with Gasteiger partial charge in [-0.2, -0.15) is 0 Å². The summed E-state index contributed by atoms with van der Waals surface area (Å²) >= 11 is 0. The maximum absolute atomic E-state index is 9.55. The van der Waals surface area contributed by atoms with Gasteiger partial charge in [-0.1, -0.05) is 0 Å². The van der Waals surface area contributed by atoms with Crippen LogP contribution in [-0.4, -0.2) is 46.8 Å². The number of carbonyl (C=O) groups is 2. The summed E-state index contributed by atoms with van der Waals surface area (Å²) in [5.41, 5.74) is 0. The third kappa shape index (κ3) is 10.0. The monoisotopic (exact) mass is 264 g/mol. The largest absolute Gasteiger partial charge is 0.478 e. The molecule has 0 atom stereocenters. The van der Waals surface area contributed by atoms with Gasteiger partial charge < -0.3 is 10.2 Å². The van der Waals surface area contributed by atoms with Crippen molar-refractivity contribution in [2.75, 3.05) is 24.6 Å². The molecular formula is C12H25O4P. The van der Waals surface area contributed by atoms with Crippen LogP contribution in [-0.2, 0) is 9.59 Å². The minimum absolute atomic E-state index is 0.558. The molecule has 0 radical (unpaired) electrons. The second-order valence-electron chi connectivity index (χ2n) is 3.92. The first-order chi connectivity index (χ1) is 7.87. The molecular weight excluding hydrogens is 239 g/mol. The predicted octanol–water partition coefficient (Wildman–Crippen LogP) is 2.53. The Hall–Kier alpha value is -0.890. The fraction of sp³-hybridized carbons (Fsp3) is 0.667. The topological polar surface area (TPSA) is 74.6 Å². The second kappa shape index (κ2) is 10.3. The van der Waals surface area contributed by atoms with Gasteiger partial charge in [0.25, 0.3) is 0 Å². The van der Waals surface area contributed by atoms with Crippen LogP contribution >= 0.6 is 7.26 Å². The molecule has 0 unspecified atom stereocenters. The Bertz CT molecular complexity index is 224. The Morgan fingerprint density at radius 3 is 1.12 bits per heavy atom. The Morgan fingerprint density at radius 1 is 0.824 bits per heavy atom. The first-order valence-electron chi connectivity index (χ1n) is 6.01. The molecule has 0 aromatic rings. The molecule has 4 nitrogen and oxygen atoms in total. The van der Waals surface area contributed by atoms with Gasteiger partial charge in [-0.25, -0.2) is 9.59 Å². The van der Waals surface area contributed by atoms with Gasteiger partial charge in [-0.15, -0.1) is 0 Å². The Kier molecular flexibility index (Phi) is 11.2. The zero-order chi connectivity index (χ0) is 13.9. The number of rotatable bonds is 6. The third-order valence-electron chi connectivity index (χ3n) is 3.37. The maximum atomic E-state index is 9.55. The molecule has 0 saturated heterocycles. The van der Waals surface area contributed by atoms with Gasteiger partial charge in [-0.05, 0) is 0 Å². The fourth-order valence-electron chi connectivity index (χ4n) is 1.64. The molecule has 5 heteroatoms. The summed E-state index contributed by atoms with van der Waals surface area (Å²) in [7, 11) is -0.691. The first-order valence-corrected chi connectivity index (χ1v) is 8.84.